The van der Waals surface area contributed by atoms with E-state index in [1.165, 1.54) is 11.0 Å². The molecule has 0 spiro atoms. The predicted molar refractivity (Wildman–Crippen MR) is 77.4 cm³/mol. The number of halogens is 2. The van der Waals surface area contributed by atoms with Gasteiger partial charge >= 0.3 is 0 Å². The largest absolute Gasteiger partial charge is 0.323 e. The highest BCUT2D eigenvalue weighted by Gasteiger charge is 2.32. The number of carbonyl (C=O) groups excluding carboxylic acids is 2. The number of rotatable bonds is 2. The molecular weight excluding hydrogens is 317 g/mol. The number of carbonyl (C=O) groups is 2. The van der Waals surface area contributed by atoms with Gasteiger partial charge in [-0.15, -0.1) is 0 Å². The lowest BCUT2D eigenvalue weighted by molar-refractivity contribution is -0.125. The molecule has 0 saturated carbocycles. The summed E-state index contributed by atoms with van der Waals surface area (Å²) in [6, 6.07) is 4.12. The van der Waals surface area contributed by atoms with Crippen LogP contribution in [0.1, 0.15) is 12.5 Å². The first kappa shape index (κ1) is 13.8. The number of nitrogens with one attached hydrogen (secondary N) is 2. The molecule has 0 unspecified atom stereocenters. The molecule has 1 aliphatic rings. The quantitative estimate of drug-likeness (QED) is 0.884. The van der Waals surface area contributed by atoms with Crippen LogP contribution in [-0.2, 0) is 9.59 Å². The third-order valence-electron chi connectivity index (χ3n) is 3.01. The van der Waals surface area contributed by atoms with Gasteiger partial charge < -0.3 is 5.32 Å². The highest BCUT2D eigenvalue weighted by Crippen LogP contribution is 2.31. The van der Waals surface area contributed by atoms with Crippen molar-refractivity contribution in [2.45, 2.75) is 12.5 Å². The molecule has 2 aromatic rings. The Bertz CT molecular complexity index is 730. The van der Waals surface area contributed by atoms with E-state index < -0.39 is 11.9 Å². The van der Waals surface area contributed by atoms with Gasteiger partial charge in [0.1, 0.15) is 12.4 Å². The van der Waals surface area contributed by atoms with E-state index in [0.29, 0.717) is 10.7 Å². The highest BCUT2D eigenvalue weighted by molar-refractivity contribution is 6.44. The molecule has 0 bridgehead atoms. The van der Waals surface area contributed by atoms with Crippen molar-refractivity contribution >= 4 is 46.7 Å². The van der Waals surface area contributed by atoms with Crippen LogP contribution in [0, 0.1) is 0 Å². The Morgan fingerprint density at radius 2 is 2.24 bits per heavy atom. The number of aromatic nitrogens is 3. The lowest BCUT2D eigenvalue weighted by Gasteiger charge is -2.22. The van der Waals surface area contributed by atoms with Gasteiger partial charge in [-0.25, -0.2) is 4.68 Å². The normalized spacial score (nSPS) is 17.0. The molecule has 0 aliphatic carbocycles. The summed E-state index contributed by atoms with van der Waals surface area (Å²) in [6.45, 7) is 0. The summed E-state index contributed by atoms with van der Waals surface area (Å²) >= 11 is 11.9. The summed E-state index contributed by atoms with van der Waals surface area (Å²) in [7, 11) is 0. The van der Waals surface area contributed by atoms with Crippen molar-refractivity contribution in [1.82, 2.24) is 14.8 Å². The van der Waals surface area contributed by atoms with Crippen molar-refractivity contribution in [3.8, 4) is 0 Å². The lowest BCUT2D eigenvalue weighted by Crippen LogP contribution is -2.36. The monoisotopic (exact) mass is 325 g/mol. The van der Waals surface area contributed by atoms with Crippen LogP contribution in [0.2, 0.25) is 10.0 Å². The van der Waals surface area contributed by atoms with E-state index >= 15 is 0 Å². The Morgan fingerprint density at radius 3 is 3.05 bits per heavy atom. The Hall–Kier alpha value is -2.12. The summed E-state index contributed by atoms with van der Waals surface area (Å²) in [5.41, 5.74) is 0.377. The maximum atomic E-state index is 12.4. The number of nitrogens with zero attached hydrogens (tertiary/aromatic N) is 3. The Balaban J connectivity index is 1.87. The molecule has 2 N–H and O–H groups in total. The van der Waals surface area contributed by atoms with E-state index in [4.69, 9.17) is 23.2 Å². The van der Waals surface area contributed by atoms with Crippen LogP contribution in [0.3, 0.4) is 0 Å². The number of amides is 2. The third-order valence-corrected chi connectivity index (χ3v) is 3.83. The van der Waals surface area contributed by atoms with Gasteiger partial charge in [0.2, 0.25) is 17.8 Å². The number of benzene rings is 1. The van der Waals surface area contributed by atoms with Gasteiger partial charge in [0.05, 0.1) is 22.2 Å². The van der Waals surface area contributed by atoms with E-state index in [2.05, 4.69) is 20.7 Å². The Kier molecular flexibility index (Phi) is 3.52. The molecule has 3 rings (SSSR count). The molecule has 0 saturated heterocycles. The van der Waals surface area contributed by atoms with Gasteiger partial charge in [-0.05, 0) is 12.1 Å². The molecule has 2 heterocycles. The van der Waals surface area contributed by atoms with Crippen LogP contribution >= 0.6 is 23.2 Å². The highest BCUT2D eigenvalue weighted by atomic mass is 35.5. The summed E-state index contributed by atoms with van der Waals surface area (Å²) in [4.78, 5) is 27.8. The van der Waals surface area contributed by atoms with Crippen LogP contribution < -0.4 is 10.6 Å². The number of hydrogen-bond acceptors (Lipinski definition) is 4. The minimum Gasteiger partial charge on any atom is -0.323 e. The van der Waals surface area contributed by atoms with Crippen molar-refractivity contribution in [1.29, 1.82) is 0 Å². The zero-order valence-electron chi connectivity index (χ0n) is 10.5. The van der Waals surface area contributed by atoms with Crippen LogP contribution in [0.4, 0.5) is 11.6 Å². The molecule has 1 aliphatic heterocycles. The first-order valence-corrected chi connectivity index (χ1v) is 6.76. The summed E-state index contributed by atoms with van der Waals surface area (Å²) in [6.07, 6.45) is 1.24. The first-order chi connectivity index (χ1) is 10.1. The molecule has 1 aromatic carbocycles. The predicted octanol–water partition coefficient (Wildman–Crippen LogP) is 2.11. The molecule has 2 amide bonds. The van der Waals surface area contributed by atoms with Crippen molar-refractivity contribution < 1.29 is 9.59 Å². The lowest BCUT2D eigenvalue weighted by atomic mass is 10.1. The average Bonchev–Trinajstić information content (AvgIpc) is 2.90. The van der Waals surface area contributed by atoms with Crippen molar-refractivity contribution in [3.63, 3.8) is 0 Å². The minimum atomic E-state index is -0.786. The van der Waals surface area contributed by atoms with Crippen LogP contribution in [0.25, 0.3) is 0 Å². The maximum absolute atomic E-state index is 12.4. The van der Waals surface area contributed by atoms with Gasteiger partial charge in [-0.3, -0.25) is 14.9 Å². The Labute approximate surface area is 129 Å². The summed E-state index contributed by atoms with van der Waals surface area (Å²) in [5, 5.41) is 9.70. The summed E-state index contributed by atoms with van der Waals surface area (Å²) in [5.74, 6) is -0.475. The van der Waals surface area contributed by atoms with Crippen molar-refractivity contribution in [2.75, 3.05) is 10.6 Å². The molecular formula is C12H9Cl2N5O2. The zero-order valence-corrected chi connectivity index (χ0v) is 12.0. The molecule has 9 heteroatoms. The van der Waals surface area contributed by atoms with Gasteiger partial charge in [0, 0.05) is 0 Å². The fourth-order valence-electron chi connectivity index (χ4n) is 2.03. The molecule has 21 heavy (non-hydrogen) atoms. The van der Waals surface area contributed by atoms with Gasteiger partial charge in [0.15, 0.2) is 0 Å². The second-order valence-electron chi connectivity index (χ2n) is 4.39. The standard InChI is InChI=1S/C12H9Cl2N5O2/c13-6-2-1-3-7(10(6)14)17-11(21)8-4-9(20)18-12-15-5-16-19(8)12/h1-3,5,8H,4H2,(H,17,21)(H,15,16,18,20)/t8-/m0/s1. The number of anilines is 2. The van der Waals surface area contributed by atoms with Crippen LogP contribution in [0.15, 0.2) is 24.5 Å². The fourth-order valence-corrected chi connectivity index (χ4v) is 2.37. The van der Waals surface area contributed by atoms with Crippen LogP contribution in [-0.4, -0.2) is 26.6 Å². The van der Waals surface area contributed by atoms with E-state index in [1.54, 1.807) is 18.2 Å². The fraction of sp³-hybridized carbons (Fsp3) is 0.167. The number of fused-ring (bicyclic) bond motifs is 1. The third kappa shape index (κ3) is 2.57. The van der Waals surface area contributed by atoms with E-state index in [1.807, 2.05) is 0 Å². The molecule has 0 fully saturated rings. The second-order valence-corrected chi connectivity index (χ2v) is 5.17. The maximum Gasteiger partial charge on any atom is 0.249 e. The van der Waals surface area contributed by atoms with Crippen molar-refractivity contribution in [2.24, 2.45) is 0 Å². The second kappa shape index (κ2) is 5.34. The molecule has 0 radical (unpaired) electrons. The smallest absolute Gasteiger partial charge is 0.249 e. The van der Waals surface area contributed by atoms with Gasteiger partial charge in [-0.2, -0.15) is 10.1 Å². The minimum absolute atomic E-state index is 0.0274. The van der Waals surface area contributed by atoms with Gasteiger partial charge in [0.25, 0.3) is 0 Å². The molecule has 1 atom stereocenters. The molecule has 108 valence electrons. The Morgan fingerprint density at radius 1 is 1.43 bits per heavy atom. The SMILES string of the molecule is O=C1C[C@@H](C(=O)Nc2cccc(Cl)c2Cl)n2ncnc2N1. The van der Waals surface area contributed by atoms with E-state index in [9.17, 15) is 9.59 Å². The van der Waals surface area contributed by atoms with Gasteiger partial charge in [-0.1, -0.05) is 29.3 Å². The van der Waals surface area contributed by atoms with Crippen LogP contribution in [0.5, 0.6) is 0 Å². The molecule has 7 nitrogen and oxygen atoms in total. The first-order valence-electron chi connectivity index (χ1n) is 6.00. The zero-order chi connectivity index (χ0) is 15.0. The average molecular weight is 326 g/mol. The van der Waals surface area contributed by atoms with E-state index in [-0.39, 0.29) is 23.3 Å². The summed E-state index contributed by atoms with van der Waals surface area (Å²) < 4.78 is 1.36. The number of hydrogen-bond donors (Lipinski definition) is 2. The van der Waals surface area contributed by atoms with Crippen molar-refractivity contribution in [3.05, 3.63) is 34.6 Å². The van der Waals surface area contributed by atoms with E-state index in [0.717, 1.165) is 0 Å². The molecule has 1 aromatic heterocycles. The topological polar surface area (TPSA) is 88.9 Å².